The molecule has 4 nitrogen and oxygen atoms in total. The maximum atomic E-state index is 13.8. The highest BCUT2D eigenvalue weighted by Crippen LogP contribution is 2.25. The number of nitrogens with one attached hydrogen (secondary N) is 1. The number of hydrogen-bond donors (Lipinski definition) is 2. The molecule has 0 amide bonds. The van der Waals surface area contributed by atoms with Gasteiger partial charge in [-0.05, 0) is 37.5 Å². The Morgan fingerprint density at radius 3 is 2.52 bits per heavy atom. The van der Waals surface area contributed by atoms with E-state index < -0.39 is 23.5 Å². The van der Waals surface area contributed by atoms with Gasteiger partial charge in [-0.1, -0.05) is 0 Å². The van der Waals surface area contributed by atoms with E-state index in [-0.39, 0.29) is 13.2 Å². The third kappa shape index (κ3) is 5.22. The van der Waals surface area contributed by atoms with E-state index in [9.17, 15) is 13.9 Å². The van der Waals surface area contributed by atoms with E-state index in [1.54, 1.807) is 6.92 Å². The van der Waals surface area contributed by atoms with Gasteiger partial charge in [0.1, 0.15) is 12.7 Å². The van der Waals surface area contributed by atoms with Crippen LogP contribution in [-0.2, 0) is 11.3 Å². The van der Waals surface area contributed by atoms with Gasteiger partial charge >= 0.3 is 0 Å². The first-order chi connectivity index (χ1) is 10.1. The molecule has 0 spiro atoms. The molecule has 1 saturated carbocycles. The van der Waals surface area contributed by atoms with Crippen LogP contribution in [-0.4, -0.2) is 37.1 Å². The molecule has 0 heterocycles. The third-order valence-electron chi connectivity index (χ3n) is 3.16. The standard InChI is InChI=1S/C15H21F2NO3/c1-2-20-8-12(19)9-21-15-13(16)5-10(6-14(15)17)7-18-11-3-4-11/h5-6,11-12,18-19H,2-4,7-9H2,1H3. The number of aliphatic hydroxyl groups excluding tert-OH is 1. The number of ether oxygens (including phenoxy) is 2. The summed E-state index contributed by atoms with van der Waals surface area (Å²) in [5.74, 6) is -1.97. The highest BCUT2D eigenvalue weighted by Gasteiger charge is 2.21. The number of rotatable bonds is 9. The first-order valence-corrected chi connectivity index (χ1v) is 7.20. The quantitative estimate of drug-likeness (QED) is 0.732. The number of benzene rings is 1. The molecule has 118 valence electrons. The van der Waals surface area contributed by atoms with Gasteiger partial charge in [-0.3, -0.25) is 0 Å². The van der Waals surface area contributed by atoms with Crippen molar-refractivity contribution < 1.29 is 23.4 Å². The molecule has 21 heavy (non-hydrogen) atoms. The van der Waals surface area contributed by atoms with Gasteiger partial charge < -0.3 is 19.9 Å². The summed E-state index contributed by atoms with van der Waals surface area (Å²) >= 11 is 0. The van der Waals surface area contributed by atoms with Crippen LogP contribution in [0.2, 0.25) is 0 Å². The number of aliphatic hydroxyl groups is 1. The van der Waals surface area contributed by atoms with Gasteiger partial charge in [0.15, 0.2) is 17.4 Å². The van der Waals surface area contributed by atoms with Crippen LogP contribution < -0.4 is 10.1 Å². The van der Waals surface area contributed by atoms with E-state index >= 15 is 0 Å². The van der Waals surface area contributed by atoms with Crippen LogP contribution in [0.1, 0.15) is 25.3 Å². The lowest BCUT2D eigenvalue weighted by molar-refractivity contribution is 0.0148. The second kappa shape index (κ2) is 7.68. The molecular weight excluding hydrogens is 280 g/mol. The Balaban J connectivity index is 1.89. The molecule has 0 radical (unpaired) electrons. The number of hydrogen-bond acceptors (Lipinski definition) is 4. The summed E-state index contributed by atoms with van der Waals surface area (Å²) in [6, 6.07) is 2.98. The first-order valence-electron chi connectivity index (χ1n) is 7.20. The summed E-state index contributed by atoms with van der Waals surface area (Å²) < 4.78 is 37.7. The van der Waals surface area contributed by atoms with E-state index in [2.05, 4.69) is 5.32 Å². The average molecular weight is 301 g/mol. The molecular formula is C15H21F2NO3. The number of halogens is 2. The van der Waals surface area contributed by atoms with Crippen molar-refractivity contribution in [1.82, 2.24) is 5.32 Å². The molecule has 0 aromatic heterocycles. The lowest BCUT2D eigenvalue weighted by atomic mass is 10.2. The smallest absolute Gasteiger partial charge is 0.190 e. The second-order valence-electron chi connectivity index (χ2n) is 5.17. The normalized spacial score (nSPS) is 16.0. The zero-order chi connectivity index (χ0) is 15.2. The van der Waals surface area contributed by atoms with Crippen molar-refractivity contribution in [3.05, 3.63) is 29.3 Å². The van der Waals surface area contributed by atoms with Gasteiger partial charge in [0.25, 0.3) is 0 Å². The highest BCUT2D eigenvalue weighted by atomic mass is 19.1. The Morgan fingerprint density at radius 2 is 1.95 bits per heavy atom. The maximum absolute atomic E-state index is 13.8. The fraction of sp³-hybridized carbons (Fsp3) is 0.600. The molecule has 1 aromatic carbocycles. The molecule has 2 N–H and O–H groups in total. The van der Waals surface area contributed by atoms with Gasteiger partial charge in [-0.2, -0.15) is 0 Å². The first kappa shape index (κ1) is 16.1. The van der Waals surface area contributed by atoms with Crippen molar-refractivity contribution in [1.29, 1.82) is 0 Å². The summed E-state index contributed by atoms with van der Waals surface area (Å²) in [5, 5.41) is 12.7. The zero-order valence-electron chi connectivity index (χ0n) is 12.1. The monoisotopic (exact) mass is 301 g/mol. The minimum atomic E-state index is -0.917. The van der Waals surface area contributed by atoms with Crippen LogP contribution >= 0.6 is 0 Å². The van der Waals surface area contributed by atoms with E-state index in [0.29, 0.717) is 24.8 Å². The predicted molar refractivity (Wildman–Crippen MR) is 74.2 cm³/mol. The van der Waals surface area contributed by atoms with Crippen molar-refractivity contribution in [2.24, 2.45) is 0 Å². The third-order valence-corrected chi connectivity index (χ3v) is 3.16. The topological polar surface area (TPSA) is 50.7 Å². The minimum absolute atomic E-state index is 0.0725. The highest BCUT2D eigenvalue weighted by molar-refractivity contribution is 5.31. The van der Waals surface area contributed by atoms with Crippen LogP contribution in [0.25, 0.3) is 0 Å². The Bertz CT molecular complexity index is 443. The Kier molecular flexibility index (Phi) is 5.90. The summed E-state index contributed by atoms with van der Waals surface area (Å²) in [4.78, 5) is 0. The van der Waals surface area contributed by atoms with Crippen molar-refractivity contribution in [2.45, 2.75) is 38.5 Å². The molecule has 1 aliphatic carbocycles. The fourth-order valence-corrected chi connectivity index (χ4v) is 1.88. The van der Waals surface area contributed by atoms with Gasteiger partial charge in [0.2, 0.25) is 0 Å². The summed E-state index contributed by atoms with van der Waals surface area (Å²) in [6.45, 7) is 2.55. The van der Waals surface area contributed by atoms with Crippen molar-refractivity contribution >= 4 is 0 Å². The molecule has 1 atom stereocenters. The van der Waals surface area contributed by atoms with Crippen LogP contribution in [0, 0.1) is 11.6 Å². The molecule has 2 rings (SSSR count). The second-order valence-corrected chi connectivity index (χ2v) is 5.17. The molecule has 6 heteroatoms. The van der Waals surface area contributed by atoms with Crippen molar-refractivity contribution in [3.63, 3.8) is 0 Å². The van der Waals surface area contributed by atoms with Crippen LogP contribution in [0.15, 0.2) is 12.1 Å². The van der Waals surface area contributed by atoms with E-state index in [1.807, 2.05) is 0 Å². The molecule has 1 aliphatic rings. The van der Waals surface area contributed by atoms with E-state index in [0.717, 1.165) is 12.8 Å². The summed E-state index contributed by atoms with van der Waals surface area (Å²) in [5.41, 5.74) is 0.541. The SMILES string of the molecule is CCOCC(O)COc1c(F)cc(CNC2CC2)cc1F. The minimum Gasteiger partial charge on any atom is -0.485 e. The Labute approximate surface area is 123 Å². The lowest BCUT2D eigenvalue weighted by Gasteiger charge is -2.14. The zero-order valence-corrected chi connectivity index (χ0v) is 12.1. The van der Waals surface area contributed by atoms with E-state index in [1.165, 1.54) is 12.1 Å². The Morgan fingerprint density at radius 1 is 1.29 bits per heavy atom. The van der Waals surface area contributed by atoms with Gasteiger partial charge in [-0.25, -0.2) is 8.78 Å². The molecule has 1 aromatic rings. The van der Waals surface area contributed by atoms with Crippen LogP contribution in [0.3, 0.4) is 0 Å². The molecule has 1 unspecified atom stereocenters. The molecule has 0 saturated heterocycles. The fourth-order valence-electron chi connectivity index (χ4n) is 1.88. The van der Waals surface area contributed by atoms with Gasteiger partial charge in [0.05, 0.1) is 6.61 Å². The van der Waals surface area contributed by atoms with Crippen LogP contribution in [0.4, 0.5) is 8.78 Å². The molecule has 1 fully saturated rings. The summed E-state index contributed by atoms with van der Waals surface area (Å²) in [7, 11) is 0. The van der Waals surface area contributed by atoms with Crippen molar-refractivity contribution in [2.75, 3.05) is 19.8 Å². The van der Waals surface area contributed by atoms with Crippen LogP contribution in [0.5, 0.6) is 5.75 Å². The van der Waals surface area contributed by atoms with E-state index in [4.69, 9.17) is 9.47 Å². The lowest BCUT2D eigenvalue weighted by Crippen LogP contribution is -2.24. The average Bonchev–Trinajstić information content (AvgIpc) is 3.26. The summed E-state index contributed by atoms with van der Waals surface area (Å²) in [6.07, 6.45) is 1.31. The predicted octanol–water partition coefficient (Wildman–Crippen LogP) is 1.99. The van der Waals surface area contributed by atoms with Crippen molar-refractivity contribution in [3.8, 4) is 5.75 Å². The molecule has 0 aliphatic heterocycles. The largest absolute Gasteiger partial charge is 0.485 e. The molecule has 0 bridgehead atoms. The Hall–Kier alpha value is -1.24. The van der Waals surface area contributed by atoms with Gasteiger partial charge in [0, 0.05) is 19.2 Å². The maximum Gasteiger partial charge on any atom is 0.190 e. The van der Waals surface area contributed by atoms with Gasteiger partial charge in [-0.15, -0.1) is 0 Å².